The van der Waals surface area contributed by atoms with Gasteiger partial charge in [0.25, 0.3) is 0 Å². The summed E-state index contributed by atoms with van der Waals surface area (Å²) in [5.74, 6) is 1.19. The zero-order valence-corrected chi connectivity index (χ0v) is 14.7. The number of carbonyl (C=O) groups excluding carboxylic acids is 1. The van der Waals surface area contributed by atoms with Crippen molar-refractivity contribution in [1.29, 1.82) is 0 Å². The van der Waals surface area contributed by atoms with E-state index >= 15 is 0 Å². The molecule has 23 heavy (non-hydrogen) atoms. The van der Waals surface area contributed by atoms with Gasteiger partial charge in [-0.15, -0.1) is 0 Å². The van der Waals surface area contributed by atoms with Crippen LogP contribution in [0.2, 0.25) is 0 Å². The maximum atomic E-state index is 12.2. The van der Waals surface area contributed by atoms with E-state index in [1.54, 1.807) is 26.8 Å². The molecule has 0 fully saturated rings. The first-order chi connectivity index (χ1) is 11.0. The Balaban J connectivity index is 2.59. The Bertz CT molecular complexity index is 586. The van der Waals surface area contributed by atoms with Gasteiger partial charge in [-0.25, -0.2) is 0 Å². The Hall–Kier alpha value is -1.68. The van der Waals surface area contributed by atoms with Crippen molar-refractivity contribution in [3.63, 3.8) is 0 Å². The van der Waals surface area contributed by atoms with E-state index < -0.39 is 7.60 Å². The number of carbonyl (C=O) groups is 1. The van der Waals surface area contributed by atoms with E-state index in [0.29, 0.717) is 25.3 Å². The molecule has 1 rings (SSSR count). The second kappa shape index (κ2) is 10.2. The van der Waals surface area contributed by atoms with Gasteiger partial charge in [-0.1, -0.05) is 42.5 Å². The minimum Gasteiger partial charge on any atom is -0.348 e. The fourth-order valence-electron chi connectivity index (χ4n) is 1.77. The summed E-state index contributed by atoms with van der Waals surface area (Å²) >= 11 is 0. The number of benzene rings is 1. The van der Waals surface area contributed by atoms with Crippen molar-refractivity contribution in [2.45, 2.75) is 27.3 Å². The van der Waals surface area contributed by atoms with Crippen LogP contribution in [0, 0.1) is 0 Å². The van der Waals surface area contributed by atoms with Crippen LogP contribution in [0.5, 0.6) is 0 Å². The SMILES string of the molecule is CCOP(=O)(/C=C/C=C(/C)C(=O)NCc1ccccc1)OCC. The monoisotopic (exact) mass is 337 g/mol. The summed E-state index contributed by atoms with van der Waals surface area (Å²) in [6.45, 7) is 6.24. The van der Waals surface area contributed by atoms with Crippen molar-refractivity contribution in [1.82, 2.24) is 5.32 Å². The van der Waals surface area contributed by atoms with Crippen LogP contribution in [0.1, 0.15) is 26.3 Å². The fourth-order valence-corrected chi connectivity index (χ4v) is 3.03. The lowest BCUT2D eigenvalue weighted by molar-refractivity contribution is -0.117. The highest BCUT2D eigenvalue weighted by molar-refractivity contribution is 7.57. The van der Waals surface area contributed by atoms with E-state index in [0.717, 1.165) is 5.56 Å². The summed E-state index contributed by atoms with van der Waals surface area (Å²) < 4.78 is 22.5. The number of allylic oxidation sites excluding steroid dienone is 2. The van der Waals surface area contributed by atoms with Gasteiger partial charge in [-0.2, -0.15) is 0 Å². The van der Waals surface area contributed by atoms with Gasteiger partial charge < -0.3 is 14.4 Å². The highest BCUT2D eigenvalue weighted by atomic mass is 31.2. The van der Waals surface area contributed by atoms with Gasteiger partial charge in [0.2, 0.25) is 5.91 Å². The van der Waals surface area contributed by atoms with Gasteiger partial charge in [0, 0.05) is 17.9 Å². The Morgan fingerprint density at radius 2 is 1.78 bits per heavy atom. The van der Waals surface area contributed by atoms with Gasteiger partial charge in [0.15, 0.2) is 0 Å². The third-order valence-electron chi connectivity index (χ3n) is 2.89. The van der Waals surface area contributed by atoms with E-state index in [2.05, 4.69) is 5.32 Å². The topological polar surface area (TPSA) is 64.6 Å². The third-order valence-corrected chi connectivity index (χ3v) is 4.66. The van der Waals surface area contributed by atoms with E-state index in [-0.39, 0.29) is 5.91 Å². The van der Waals surface area contributed by atoms with Crippen molar-refractivity contribution >= 4 is 13.5 Å². The van der Waals surface area contributed by atoms with Crippen molar-refractivity contribution < 1.29 is 18.4 Å². The Morgan fingerprint density at radius 3 is 2.35 bits per heavy atom. The van der Waals surface area contributed by atoms with Gasteiger partial charge in [-0.05, 0) is 26.3 Å². The molecule has 6 heteroatoms. The zero-order valence-electron chi connectivity index (χ0n) is 13.8. The predicted molar refractivity (Wildman–Crippen MR) is 92.0 cm³/mol. The molecule has 1 N–H and O–H groups in total. The van der Waals surface area contributed by atoms with Crippen LogP contribution in [0.15, 0.2) is 53.9 Å². The molecule has 0 aliphatic carbocycles. The Morgan fingerprint density at radius 1 is 1.17 bits per heavy atom. The van der Waals surface area contributed by atoms with Crippen molar-refractivity contribution in [3.05, 3.63) is 59.4 Å². The average molecular weight is 337 g/mol. The summed E-state index contributed by atoms with van der Waals surface area (Å²) in [7, 11) is -3.23. The zero-order chi connectivity index (χ0) is 17.1. The standard InChI is InChI=1S/C17H24NO4P/c1-4-21-23(20,22-5-2)13-9-10-15(3)17(19)18-14-16-11-7-6-8-12-16/h6-13H,4-5,14H2,1-3H3,(H,18,19)/b13-9+,15-10-. The lowest BCUT2D eigenvalue weighted by Crippen LogP contribution is -2.23. The van der Waals surface area contributed by atoms with Crippen LogP contribution in [-0.2, 0) is 25.0 Å². The molecule has 0 spiro atoms. The lowest BCUT2D eigenvalue weighted by Gasteiger charge is -2.12. The molecule has 0 atom stereocenters. The van der Waals surface area contributed by atoms with Gasteiger partial charge in [0.1, 0.15) is 0 Å². The van der Waals surface area contributed by atoms with Crippen molar-refractivity contribution in [2.24, 2.45) is 0 Å². The molecule has 0 unspecified atom stereocenters. The molecule has 1 aromatic rings. The average Bonchev–Trinajstić information content (AvgIpc) is 2.54. The quantitative estimate of drug-likeness (QED) is 0.420. The Kier molecular flexibility index (Phi) is 8.56. The minimum absolute atomic E-state index is 0.179. The molecule has 1 aromatic carbocycles. The van der Waals surface area contributed by atoms with Crippen LogP contribution < -0.4 is 5.32 Å². The van der Waals surface area contributed by atoms with Crippen LogP contribution in [-0.4, -0.2) is 19.1 Å². The molecule has 0 aliphatic rings. The normalized spacial score (nSPS) is 12.6. The third kappa shape index (κ3) is 7.42. The van der Waals surface area contributed by atoms with Gasteiger partial charge >= 0.3 is 7.60 Å². The predicted octanol–water partition coefficient (Wildman–Crippen LogP) is 4.03. The van der Waals surface area contributed by atoms with Crippen molar-refractivity contribution in [3.8, 4) is 0 Å². The first kappa shape index (κ1) is 19.4. The molecular weight excluding hydrogens is 313 g/mol. The first-order valence-corrected chi connectivity index (χ1v) is 9.19. The highest BCUT2D eigenvalue weighted by Gasteiger charge is 2.18. The molecule has 0 radical (unpaired) electrons. The number of rotatable bonds is 9. The summed E-state index contributed by atoms with van der Waals surface area (Å²) in [5.41, 5.74) is 1.54. The second-order valence-corrected chi connectivity index (χ2v) is 6.63. The molecule has 1 amide bonds. The molecule has 126 valence electrons. The second-order valence-electron chi connectivity index (χ2n) is 4.73. The summed E-state index contributed by atoms with van der Waals surface area (Å²) in [5, 5.41) is 2.82. The largest absolute Gasteiger partial charge is 0.354 e. The molecule has 0 aromatic heterocycles. The maximum Gasteiger partial charge on any atom is 0.354 e. The smallest absolute Gasteiger partial charge is 0.348 e. The van der Waals surface area contributed by atoms with E-state index in [1.807, 2.05) is 30.3 Å². The molecule has 0 aliphatic heterocycles. The molecular formula is C17H24NO4P. The lowest BCUT2D eigenvalue weighted by atomic mass is 10.2. The van der Waals surface area contributed by atoms with Crippen LogP contribution in [0.25, 0.3) is 0 Å². The van der Waals surface area contributed by atoms with E-state index in [1.165, 1.54) is 11.9 Å². The molecule has 0 saturated carbocycles. The Labute approximate surface area is 137 Å². The number of hydrogen-bond donors (Lipinski definition) is 1. The fraction of sp³-hybridized carbons (Fsp3) is 0.353. The summed E-state index contributed by atoms with van der Waals surface area (Å²) in [6, 6.07) is 9.66. The number of nitrogens with one attached hydrogen (secondary N) is 1. The maximum absolute atomic E-state index is 12.2. The van der Waals surface area contributed by atoms with Gasteiger partial charge in [0.05, 0.1) is 13.2 Å². The molecule has 0 bridgehead atoms. The number of hydrogen-bond acceptors (Lipinski definition) is 4. The molecule has 0 saturated heterocycles. The minimum atomic E-state index is -3.23. The first-order valence-electron chi connectivity index (χ1n) is 7.57. The summed E-state index contributed by atoms with van der Waals surface area (Å²) in [6.07, 6.45) is 3.12. The van der Waals surface area contributed by atoms with E-state index in [9.17, 15) is 9.36 Å². The summed E-state index contributed by atoms with van der Waals surface area (Å²) in [4.78, 5) is 12.0. The molecule has 5 nitrogen and oxygen atoms in total. The van der Waals surface area contributed by atoms with Crippen LogP contribution in [0.3, 0.4) is 0 Å². The van der Waals surface area contributed by atoms with Gasteiger partial charge in [-0.3, -0.25) is 9.36 Å². The molecule has 0 heterocycles. The van der Waals surface area contributed by atoms with Crippen LogP contribution >= 0.6 is 7.60 Å². The van der Waals surface area contributed by atoms with E-state index in [4.69, 9.17) is 9.05 Å². The van der Waals surface area contributed by atoms with Crippen molar-refractivity contribution in [2.75, 3.05) is 13.2 Å². The van der Waals surface area contributed by atoms with Crippen LogP contribution in [0.4, 0.5) is 0 Å². The number of amides is 1. The highest BCUT2D eigenvalue weighted by Crippen LogP contribution is 2.49.